The topological polar surface area (TPSA) is 48.0 Å². The Morgan fingerprint density at radius 2 is 2.33 bits per heavy atom. The number of benzene rings is 1. The number of methoxy groups -OCH3 is 1. The van der Waals surface area contributed by atoms with Gasteiger partial charge in [0.1, 0.15) is 18.1 Å². The fourth-order valence-electron chi connectivity index (χ4n) is 1.93. The van der Waals surface area contributed by atoms with Crippen molar-refractivity contribution in [2.75, 3.05) is 32.3 Å². The fourth-order valence-corrected chi connectivity index (χ4v) is 1.93. The van der Waals surface area contributed by atoms with Gasteiger partial charge >= 0.3 is 5.97 Å². The minimum atomic E-state index is -0.412. The Bertz CT molecular complexity index is 447. The molecule has 1 aromatic rings. The van der Waals surface area contributed by atoms with Crippen LogP contribution in [0.25, 0.3) is 0 Å². The Hall–Kier alpha value is -1.91. The first-order valence-corrected chi connectivity index (χ1v) is 5.87. The Kier molecular flexibility index (Phi) is 3.60. The number of hydrogen-bond acceptors (Lipinski definition) is 5. The van der Waals surface area contributed by atoms with Crippen LogP contribution in [-0.2, 0) is 9.53 Å². The van der Waals surface area contributed by atoms with Crippen LogP contribution < -0.4 is 14.4 Å². The largest absolute Gasteiger partial charge is 0.497 e. The number of hydrogen-bond donors (Lipinski definition) is 0. The van der Waals surface area contributed by atoms with Gasteiger partial charge in [-0.15, -0.1) is 0 Å². The monoisotopic (exact) mass is 251 g/mol. The molecule has 1 aliphatic rings. The second-order valence-corrected chi connectivity index (χ2v) is 4.02. The van der Waals surface area contributed by atoms with E-state index in [-0.39, 0.29) is 5.97 Å². The van der Waals surface area contributed by atoms with E-state index >= 15 is 0 Å². The molecule has 1 aromatic carbocycles. The van der Waals surface area contributed by atoms with E-state index in [1.807, 2.05) is 30.1 Å². The van der Waals surface area contributed by atoms with Crippen LogP contribution in [0.5, 0.6) is 11.5 Å². The van der Waals surface area contributed by atoms with Crippen molar-refractivity contribution >= 4 is 11.7 Å². The molecule has 1 atom stereocenters. The molecule has 18 heavy (non-hydrogen) atoms. The second kappa shape index (κ2) is 5.16. The van der Waals surface area contributed by atoms with Crippen molar-refractivity contribution in [2.24, 2.45) is 0 Å². The fraction of sp³-hybridized carbons (Fsp3) is 0.462. The van der Waals surface area contributed by atoms with E-state index in [1.54, 1.807) is 14.0 Å². The molecule has 2 rings (SSSR count). The number of fused-ring (bicyclic) bond motifs is 1. The number of likely N-dealkylation sites (N-methyl/N-ethyl adjacent to an activating group) is 1. The van der Waals surface area contributed by atoms with Gasteiger partial charge in [-0.3, -0.25) is 0 Å². The minimum absolute atomic E-state index is 0.270. The van der Waals surface area contributed by atoms with Crippen LogP contribution in [0.2, 0.25) is 0 Å². The first kappa shape index (κ1) is 12.5. The quantitative estimate of drug-likeness (QED) is 0.761. The van der Waals surface area contributed by atoms with E-state index < -0.39 is 6.04 Å². The molecule has 5 nitrogen and oxygen atoms in total. The van der Waals surface area contributed by atoms with E-state index in [0.29, 0.717) is 13.2 Å². The highest BCUT2D eigenvalue weighted by molar-refractivity contribution is 5.82. The lowest BCUT2D eigenvalue weighted by molar-refractivity contribution is -0.145. The summed E-state index contributed by atoms with van der Waals surface area (Å²) in [7, 11) is 3.45. The lowest BCUT2D eigenvalue weighted by Gasteiger charge is -2.34. The molecule has 0 aromatic heterocycles. The van der Waals surface area contributed by atoms with E-state index in [0.717, 1.165) is 17.2 Å². The minimum Gasteiger partial charge on any atom is -0.497 e. The summed E-state index contributed by atoms with van der Waals surface area (Å²) in [6.07, 6.45) is 0. The molecular weight excluding hydrogens is 234 g/mol. The van der Waals surface area contributed by atoms with Gasteiger partial charge in [0, 0.05) is 13.1 Å². The number of carbonyl (C=O) groups excluding carboxylic acids is 1. The van der Waals surface area contributed by atoms with Gasteiger partial charge in [0.25, 0.3) is 0 Å². The summed E-state index contributed by atoms with van der Waals surface area (Å²) in [4.78, 5) is 13.7. The van der Waals surface area contributed by atoms with Crippen molar-refractivity contribution in [3.63, 3.8) is 0 Å². The molecule has 0 bridgehead atoms. The Morgan fingerprint density at radius 1 is 1.56 bits per heavy atom. The zero-order chi connectivity index (χ0) is 13.1. The van der Waals surface area contributed by atoms with Crippen LogP contribution in [0.3, 0.4) is 0 Å². The molecule has 0 aliphatic carbocycles. The normalized spacial score (nSPS) is 17.7. The summed E-state index contributed by atoms with van der Waals surface area (Å²) in [6.45, 7) is 2.46. The first-order chi connectivity index (χ1) is 8.67. The number of nitrogens with zero attached hydrogens (tertiary/aromatic N) is 1. The molecule has 0 fully saturated rings. The Morgan fingerprint density at radius 3 is 3.00 bits per heavy atom. The van der Waals surface area contributed by atoms with Crippen LogP contribution in [0.1, 0.15) is 6.92 Å². The van der Waals surface area contributed by atoms with Crippen LogP contribution >= 0.6 is 0 Å². The van der Waals surface area contributed by atoms with Crippen molar-refractivity contribution < 1.29 is 19.0 Å². The smallest absolute Gasteiger partial charge is 0.332 e. The molecule has 0 spiro atoms. The lowest BCUT2D eigenvalue weighted by Crippen LogP contribution is -2.46. The average molecular weight is 251 g/mol. The van der Waals surface area contributed by atoms with Crippen molar-refractivity contribution in [3.8, 4) is 11.5 Å². The standard InChI is InChI=1S/C13H17NO4/c1-4-17-13(15)11-8-18-12-6-5-9(16-3)7-10(12)14(11)2/h5-7,11H,4,8H2,1-3H3. The average Bonchev–Trinajstić information content (AvgIpc) is 2.39. The van der Waals surface area contributed by atoms with Crippen molar-refractivity contribution in [1.29, 1.82) is 0 Å². The van der Waals surface area contributed by atoms with Gasteiger partial charge in [0.15, 0.2) is 6.04 Å². The van der Waals surface area contributed by atoms with E-state index in [2.05, 4.69) is 0 Å². The molecule has 0 N–H and O–H groups in total. The molecule has 1 heterocycles. The lowest BCUT2D eigenvalue weighted by atomic mass is 10.1. The maximum Gasteiger partial charge on any atom is 0.332 e. The van der Waals surface area contributed by atoms with Crippen LogP contribution in [0, 0.1) is 0 Å². The zero-order valence-corrected chi connectivity index (χ0v) is 10.8. The number of esters is 1. The van der Waals surface area contributed by atoms with Crippen LogP contribution in [-0.4, -0.2) is 39.4 Å². The van der Waals surface area contributed by atoms with Gasteiger partial charge in [0.05, 0.1) is 19.4 Å². The molecule has 1 unspecified atom stereocenters. The molecule has 5 heteroatoms. The molecule has 0 saturated carbocycles. The van der Waals surface area contributed by atoms with Crippen molar-refractivity contribution in [2.45, 2.75) is 13.0 Å². The predicted molar refractivity (Wildman–Crippen MR) is 67.3 cm³/mol. The number of carbonyl (C=O) groups is 1. The third-order valence-corrected chi connectivity index (χ3v) is 2.97. The highest BCUT2D eigenvalue weighted by Crippen LogP contribution is 2.36. The summed E-state index contributed by atoms with van der Waals surface area (Å²) in [5, 5.41) is 0. The molecule has 1 aliphatic heterocycles. The van der Waals surface area contributed by atoms with Gasteiger partial charge in [0.2, 0.25) is 0 Å². The van der Waals surface area contributed by atoms with Gasteiger partial charge < -0.3 is 19.1 Å². The van der Waals surface area contributed by atoms with Gasteiger partial charge in [-0.25, -0.2) is 4.79 Å². The summed E-state index contributed by atoms with van der Waals surface area (Å²) >= 11 is 0. The summed E-state index contributed by atoms with van der Waals surface area (Å²) in [5.74, 6) is 1.21. The van der Waals surface area contributed by atoms with Gasteiger partial charge in [-0.1, -0.05) is 0 Å². The molecular formula is C13H17NO4. The third-order valence-electron chi connectivity index (χ3n) is 2.97. The first-order valence-electron chi connectivity index (χ1n) is 5.87. The van der Waals surface area contributed by atoms with Crippen LogP contribution in [0.4, 0.5) is 5.69 Å². The zero-order valence-electron chi connectivity index (χ0n) is 10.8. The van der Waals surface area contributed by atoms with Crippen molar-refractivity contribution in [3.05, 3.63) is 18.2 Å². The van der Waals surface area contributed by atoms with Gasteiger partial charge in [-0.2, -0.15) is 0 Å². The van der Waals surface area contributed by atoms with Crippen molar-refractivity contribution in [1.82, 2.24) is 0 Å². The van der Waals surface area contributed by atoms with Crippen LogP contribution in [0.15, 0.2) is 18.2 Å². The third kappa shape index (κ3) is 2.20. The number of ether oxygens (including phenoxy) is 3. The van der Waals surface area contributed by atoms with Gasteiger partial charge in [-0.05, 0) is 19.1 Å². The summed E-state index contributed by atoms with van der Waals surface area (Å²) in [6, 6.07) is 5.11. The maximum absolute atomic E-state index is 11.8. The molecule has 0 saturated heterocycles. The highest BCUT2D eigenvalue weighted by Gasteiger charge is 2.31. The van der Waals surface area contributed by atoms with E-state index in [4.69, 9.17) is 14.2 Å². The summed E-state index contributed by atoms with van der Waals surface area (Å²) < 4.78 is 15.8. The molecule has 98 valence electrons. The highest BCUT2D eigenvalue weighted by atomic mass is 16.5. The number of rotatable bonds is 3. The van der Waals surface area contributed by atoms with E-state index in [1.165, 1.54) is 0 Å². The Labute approximate surface area is 106 Å². The van der Waals surface area contributed by atoms with E-state index in [9.17, 15) is 4.79 Å². The molecule has 0 amide bonds. The molecule has 0 radical (unpaired) electrons. The second-order valence-electron chi connectivity index (χ2n) is 4.02. The number of anilines is 1. The maximum atomic E-state index is 11.8. The Balaban J connectivity index is 2.26. The summed E-state index contributed by atoms with van der Waals surface area (Å²) in [5.41, 5.74) is 0.832. The SMILES string of the molecule is CCOC(=O)C1COc2ccc(OC)cc2N1C. The predicted octanol–water partition coefficient (Wildman–Crippen LogP) is 1.46.